The minimum atomic E-state index is -0.106. The predicted octanol–water partition coefficient (Wildman–Crippen LogP) is 3.27. The molecule has 1 atom stereocenters. The number of benzene rings is 1. The molecule has 1 aliphatic rings. The number of aromatic nitrogens is 1. The third kappa shape index (κ3) is 4.56. The average molecular weight is 369 g/mol. The van der Waals surface area contributed by atoms with Crippen LogP contribution in [-0.2, 0) is 4.79 Å². The van der Waals surface area contributed by atoms with Crippen molar-refractivity contribution < 1.29 is 14.0 Å². The van der Waals surface area contributed by atoms with Crippen LogP contribution < -0.4 is 5.32 Å². The Balaban J connectivity index is 1.72. The second-order valence-corrected chi connectivity index (χ2v) is 7.44. The molecule has 0 radical (unpaired) electrons. The van der Waals surface area contributed by atoms with Gasteiger partial charge in [0.1, 0.15) is 0 Å². The van der Waals surface area contributed by atoms with Gasteiger partial charge in [-0.1, -0.05) is 44.2 Å². The number of piperidine rings is 1. The molecule has 1 aromatic carbocycles. The Bertz CT molecular complexity index is 798. The van der Waals surface area contributed by atoms with Gasteiger partial charge in [-0.3, -0.25) is 9.59 Å². The first-order valence-electron chi connectivity index (χ1n) is 9.55. The van der Waals surface area contributed by atoms with Crippen molar-refractivity contribution in [3.63, 3.8) is 0 Å². The van der Waals surface area contributed by atoms with Crippen LogP contribution in [0.3, 0.4) is 0 Å². The summed E-state index contributed by atoms with van der Waals surface area (Å²) in [7, 11) is 0. The highest BCUT2D eigenvalue weighted by Gasteiger charge is 2.29. The number of hydrogen-bond donors (Lipinski definition) is 1. The summed E-state index contributed by atoms with van der Waals surface area (Å²) >= 11 is 0. The molecule has 0 bridgehead atoms. The molecule has 0 spiro atoms. The lowest BCUT2D eigenvalue weighted by atomic mass is 9.97. The van der Waals surface area contributed by atoms with Gasteiger partial charge in [-0.25, -0.2) is 4.98 Å². The molecule has 1 saturated heterocycles. The van der Waals surface area contributed by atoms with Crippen LogP contribution in [0, 0.1) is 18.8 Å². The minimum absolute atomic E-state index is 0.0298. The van der Waals surface area contributed by atoms with E-state index in [4.69, 9.17) is 4.42 Å². The van der Waals surface area contributed by atoms with E-state index in [9.17, 15) is 9.59 Å². The van der Waals surface area contributed by atoms with Crippen LogP contribution in [0.5, 0.6) is 0 Å². The Kier molecular flexibility index (Phi) is 5.94. The molecule has 2 amide bonds. The van der Waals surface area contributed by atoms with Crippen molar-refractivity contribution in [1.29, 1.82) is 0 Å². The number of nitrogens with zero attached hydrogens (tertiary/aromatic N) is 2. The van der Waals surface area contributed by atoms with Crippen molar-refractivity contribution >= 4 is 11.8 Å². The van der Waals surface area contributed by atoms with Gasteiger partial charge in [0.25, 0.3) is 5.91 Å². The topological polar surface area (TPSA) is 75.4 Å². The molecule has 0 aliphatic carbocycles. The maximum Gasteiger partial charge on any atom is 0.276 e. The van der Waals surface area contributed by atoms with Crippen LogP contribution in [0.4, 0.5) is 0 Å². The van der Waals surface area contributed by atoms with E-state index in [2.05, 4.69) is 10.3 Å². The molecular weight excluding hydrogens is 342 g/mol. The third-order valence-electron chi connectivity index (χ3n) is 4.87. The standard InChI is InChI=1S/C21H27N3O3/c1-14(2)20(25)22-12-16-8-7-11-24(13-16)21(26)18-19(27-15(3)23-18)17-9-5-4-6-10-17/h4-6,9-10,14,16H,7-8,11-13H2,1-3H3,(H,22,25). The summed E-state index contributed by atoms with van der Waals surface area (Å²) < 4.78 is 5.73. The Morgan fingerprint density at radius 2 is 2.04 bits per heavy atom. The lowest BCUT2D eigenvalue weighted by Gasteiger charge is -2.32. The quantitative estimate of drug-likeness (QED) is 0.878. The first-order valence-corrected chi connectivity index (χ1v) is 9.55. The number of nitrogens with one attached hydrogen (secondary N) is 1. The summed E-state index contributed by atoms with van der Waals surface area (Å²) in [6.07, 6.45) is 1.93. The van der Waals surface area contributed by atoms with Crippen molar-refractivity contribution in [3.05, 3.63) is 41.9 Å². The van der Waals surface area contributed by atoms with E-state index in [0.717, 1.165) is 18.4 Å². The van der Waals surface area contributed by atoms with Crippen LogP contribution in [0.15, 0.2) is 34.7 Å². The van der Waals surface area contributed by atoms with E-state index >= 15 is 0 Å². The molecule has 1 aliphatic heterocycles. The maximum absolute atomic E-state index is 13.1. The van der Waals surface area contributed by atoms with Crippen molar-refractivity contribution in [2.45, 2.75) is 33.6 Å². The van der Waals surface area contributed by atoms with E-state index in [1.807, 2.05) is 49.1 Å². The summed E-state index contributed by atoms with van der Waals surface area (Å²) in [4.78, 5) is 31.1. The molecule has 1 aromatic heterocycles. The fraction of sp³-hybridized carbons (Fsp3) is 0.476. The fourth-order valence-electron chi connectivity index (χ4n) is 3.37. The molecule has 2 heterocycles. The maximum atomic E-state index is 13.1. The van der Waals surface area contributed by atoms with Crippen LogP contribution in [0.25, 0.3) is 11.3 Å². The van der Waals surface area contributed by atoms with Crippen molar-refractivity contribution in [3.8, 4) is 11.3 Å². The number of aryl methyl sites for hydroxylation is 1. The monoisotopic (exact) mass is 369 g/mol. The highest BCUT2D eigenvalue weighted by atomic mass is 16.4. The highest BCUT2D eigenvalue weighted by Crippen LogP contribution is 2.27. The van der Waals surface area contributed by atoms with Gasteiger partial charge in [-0.15, -0.1) is 0 Å². The Morgan fingerprint density at radius 1 is 1.30 bits per heavy atom. The van der Waals surface area contributed by atoms with Crippen molar-refractivity contribution in [2.24, 2.45) is 11.8 Å². The smallest absolute Gasteiger partial charge is 0.276 e. The molecule has 144 valence electrons. The van der Waals surface area contributed by atoms with Gasteiger partial charge in [-0.05, 0) is 18.8 Å². The van der Waals surface area contributed by atoms with Crippen LogP contribution in [0.2, 0.25) is 0 Å². The highest BCUT2D eigenvalue weighted by molar-refractivity contribution is 5.97. The molecule has 0 saturated carbocycles. The molecule has 27 heavy (non-hydrogen) atoms. The van der Waals surface area contributed by atoms with Gasteiger partial charge in [0.15, 0.2) is 17.3 Å². The Labute approximate surface area is 160 Å². The molecule has 2 aromatic rings. The van der Waals surface area contributed by atoms with Gasteiger partial charge < -0.3 is 14.6 Å². The van der Waals surface area contributed by atoms with Gasteiger partial charge >= 0.3 is 0 Å². The van der Waals surface area contributed by atoms with Gasteiger partial charge in [0.2, 0.25) is 5.91 Å². The summed E-state index contributed by atoms with van der Waals surface area (Å²) in [6, 6.07) is 9.58. The second kappa shape index (κ2) is 8.37. The normalized spacial score (nSPS) is 17.2. The van der Waals surface area contributed by atoms with Crippen molar-refractivity contribution in [1.82, 2.24) is 15.2 Å². The minimum Gasteiger partial charge on any atom is -0.440 e. The number of carbonyl (C=O) groups is 2. The summed E-state index contributed by atoms with van der Waals surface area (Å²) in [5, 5.41) is 2.98. The number of likely N-dealkylation sites (tertiary alicyclic amines) is 1. The lowest BCUT2D eigenvalue weighted by Crippen LogP contribution is -2.44. The SMILES string of the molecule is Cc1nc(C(=O)N2CCCC(CNC(=O)C(C)C)C2)c(-c2ccccc2)o1. The summed E-state index contributed by atoms with van der Waals surface area (Å²) in [6.45, 7) is 7.44. The predicted molar refractivity (Wildman–Crippen MR) is 103 cm³/mol. The van der Waals surface area contributed by atoms with E-state index < -0.39 is 0 Å². The zero-order valence-electron chi connectivity index (χ0n) is 16.2. The average Bonchev–Trinajstić information content (AvgIpc) is 3.08. The van der Waals surface area contributed by atoms with Crippen LogP contribution in [-0.4, -0.2) is 41.3 Å². The van der Waals surface area contributed by atoms with Gasteiger partial charge in [0.05, 0.1) is 0 Å². The summed E-state index contributed by atoms with van der Waals surface area (Å²) in [5.41, 5.74) is 1.21. The zero-order valence-corrected chi connectivity index (χ0v) is 16.2. The zero-order chi connectivity index (χ0) is 19.4. The van der Waals surface area contributed by atoms with Gasteiger partial charge in [0, 0.05) is 38.0 Å². The molecule has 6 nitrogen and oxygen atoms in total. The Morgan fingerprint density at radius 3 is 2.74 bits per heavy atom. The van der Waals surface area contributed by atoms with Gasteiger partial charge in [-0.2, -0.15) is 0 Å². The second-order valence-electron chi connectivity index (χ2n) is 7.44. The number of amides is 2. The third-order valence-corrected chi connectivity index (χ3v) is 4.87. The first-order chi connectivity index (χ1) is 13.0. The molecule has 1 unspecified atom stereocenters. The molecule has 6 heteroatoms. The molecule has 3 rings (SSSR count). The molecule has 1 fully saturated rings. The Hall–Kier alpha value is -2.63. The van der Waals surface area contributed by atoms with E-state index in [-0.39, 0.29) is 23.7 Å². The number of oxazole rings is 1. The summed E-state index contributed by atoms with van der Waals surface area (Å²) in [5.74, 6) is 1.18. The van der Waals surface area contributed by atoms with Crippen LogP contribution >= 0.6 is 0 Å². The van der Waals surface area contributed by atoms with Crippen molar-refractivity contribution in [2.75, 3.05) is 19.6 Å². The fourth-order valence-corrected chi connectivity index (χ4v) is 3.37. The van der Waals surface area contributed by atoms with Crippen LogP contribution in [0.1, 0.15) is 43.1 Å². The first kappa shape index (κ1) is 19.1. The van der Waals surface area contributed by atoms with E-state index in [1.54, 1.807) is 6.92 Å². The number of rotatable bonds is 5. The number of carbonyl (C=O) groups excluding carboxylic acids is 2. The van der Waals surface area contributed by atoms with E-state index in [0.29, 0.717) is 37.0 Å². The number of hydrogen-bond acceptors (Lipinski definition) is 4. The largest absolute Gasteiger partial charge is 0.440 e. The molecular formula is C21H27N3O3. The lowest BCUT2D eigenvalue weighted by molar-refractivity contribution is -0.124. The molecule has 1 N–H and O–H groups in total. The van der Waals surface area contributed by atoms with E-state index in [1.165, 1.54) is 0 Å².